The van der Waals surface area contributed by atoms with Crippen LogP contribution in [0.2, 0.25) is 0 Å². The zero-order valence-electron chi connectivity index (χ0n) is 9.48. The average molecular weight is 211 g/mol. The second kappa shape index (κ2) is 4.62. The Hall–Kier alpha value is -0.410. The lowest BCUT2D eigenvalue weighted by Gasteiger charge is -2.35. The fourth-order valence-corrected chi connectivity index (χ4v) is 3.06. The van der Waals surface area contributed by atoms with Gasteiger partial charge in [-0.3, -0.25) is 9.69 Å². The summed E-state index contributed by atoms with van der Waals surface area (Å²) >= 11 is 0. The molecule has 86 valence electrons. The van der Waals surface area contributed by atoms with Crippen LogP contribution in [-0.4, -0.2) is 41.0 Å². The second-order valence-corrected chi connectivity index (χ2v) is 5.04. The quantitative estimate of drug-likeness (QED) is 0.746. The standard InChI is InChI=1S/C12H21NO2/c1-9-5-6-13(12(9)8-14)10-3-2-4-11(15)7-10/h9-10,12,14H,2-8H2,1H3. The Labute approximate surface area is 91.5 Å². The third-order valence-corrected chi connectivity index (χ3v) is 4.04. The SMILES string of the molecule is CC1CCN(C2CCCC(=O)C2)C1CO. The summed E-state index contributed by atoms with van der Waals surface area (Å²) in [5.41, 5.74) is 0. The van der Waals surface area contributed by atoms with Gasteiger partial charge in [-0.15, -0.1) is 0 Å². The van der Waals surface area contributed by atoms with Gasteiger partial charge in [0.2, 0.25) is 0 Å². The zero-order valence-corrected chi connectivity index (χ0v) is 9.48. The summed E-state index contributed by atoms with van der Waals surface area (Å²) in [6.07, 6.45) is 4.81. The first-order chi connectivity index (χ1) is 7.22. The van der Waals surface area contributed by atoms with Crippen LogP contribution in [-0.2, 0) is 4.79 Å². The summed E-state index contributed by atoms with van der Waals surface area (Å²) in [4.78, 5) is 13.8. The Morgan fingerprint density at radius 3 is 2.93 bits per heavy atom. The molecule has 2 fully saturated rings. The second-order valence-electron chi connectivity index (χ2n) is 5.04. The number of carbonyl (C=O) groups excluding carboxylic acids is 1. The zero-order chi connectivity index (χ0) is 10.8. The number of nitrogens with zero attached hydrogens (tertiary/aromatic N) is 1. The molecule has 3 nitrogen and oxygen atoms in total. The minimum atomic E-state index is 0.242. The third kappa shape index (κ3) is 2.23. The van der Waals surface area contributed by atoms with E-state index in [4.69, 9.17) is 0 Å². The van der Waals surface area contributed by atoms with Gasteiger partial charge in [0.15, 0.2) is 0 Å². The first kappa shape index (κ1) is 11.1. The van der Waals surface area contributed by atoms with Crippen LogP contribution in [0, 0.1) is 5.92 Å². The average Bonchev–Trinajstić information content (AvgIpc) is 2.59. The van der Waals surface area contributed by atoms with Crippen LogP contribution in [0.3, 0.4) is 0 Å². The first-order valence-corrected chi connectivity index (χ1v) is 6.10. The number of carbonyl (C=O) groups is 1. The maximum atomic E-state index is 11.4. The summed E-state index contributed by atoms with van der Waals surface area (Å²) in [6.45, 7) is 3.50. The van der Waals surface area contributed by atoms with Crippen molar-refractivity contribution in [3.63, 3.8) is 0 Å². The summed E-state index contributed by atoms with van der Waals surface area (Å²) in [6, 6.07) is 0.703. The molecule has 1 saturated heterocycles. The lowest BCUT2D eigenvalue weighted by molar-refractivity contribution is -0.122. The number of hydrogen-bond acceptors (Lipinski definition) is 3. The smallest absolute Gasteiger partial charge is 0.134 e. The van der Waals surface area contributed by atoms with Gasteiger partial charge in [-0.25, -0.2) is 0 Å². The van der Waals surface area contributed by atoms with E-state index in [0.717, 1.165) is 32.2 Å². The topological polar surface area (TPSA) is 40.5 Å². The number of rotatable bonds is 2. The Morgan fingerprint density at radius 2 is 2.27 bits per heavy atom. The van der Waals surface area contributed by atoms with Crippen molar-refractivity contribution in [2.45, 2.75) is 51.1 Å². The van der Waals surface area contributed by atoms with Crippen LogP contribution in [0.1, 0.15) is 39.0 Å². The Balaban J connectivity index is 2.00. The molecular weight excluding hydrogens is 190 g/mol. The molecule has 0 aromatic rings. The molecule has 0 spiro atoms. The number of Topliss-reactive ketones (excluding diaryl/α,β-unsaturated/α-hetero) is 1. The van der Waals surface area contributed by atoms with Crippen molar-refractivity contribution in [2.24, 2.45) is 5.92 Å². The fourth-order valence-electron chi connectivity index (χ4n) is 3.06. The van der Waals surface area contributed by atoms with E-state index < -0.39 is 0 Å². The van der Waals surface area contributed by atoms with Gasteiger partial charge in [-0.1, -0.05) is 6.92 Å². The van der Waals surface area contributed by atoms with E-state index in [0.29, 0.717) is 30.2 Å². The molecule has 3 atom stereocenters. The molecule has 0 aromatic carbocycles. The van der Waals surface area contributed by atoms with Gasteiger partial charge in [0.05, 0.1) is 6.61 Å². The molecule has 0 bridgehead atoms. The maximum Gasteiger partial charge on any atom is 0.134 e. The van der Waals surface area contributed by atoms with Crippen LogP contribution in [0.5, 0.6) is 0 Å². The molecule has 3 heteroatoms. The van der Waals surface area contributed by atoms with Crippen molar-refractivity contribution < 1.29 is 9.90 Å². The van der Waals surface area contributed by atoms with Crippen LogP contribution >= 0.6 is 0 Å². The van der Waals surface area contributed by atoms with E-state index in [9.17, 15) is 9.90 Å². The largest absolute Gasteiger partial charge is 0.395 e. The molecular formula is C12H21NO2. The van der Waals surface area contributed by atoms with Crippen LogP contribution in [0.4, 0.5) is 0 Å². The molecule has 2 rings (SSSR count). The van der Waals surface area contributed by atoms with E-state index in [1.807, 2.05) is 0 Å². The predicted molar refractivity (Wildman–Crippen MR) is 58.6 cm³/mol. The summed E-state index contributed by atoms with van der Waals surface area (Å²) < 4.78 is 0. The number of ketones is 1. The van der Waals surface area contributed by atoms with Crippen molar-refractivity contribution in [2.75, 3.05) is 13.2 Å². The van der Waals surface area contributed by atoms with Gasteiger partial charge in [0, 0.05) is 24.9 Å². The Bertz CT molecular complexity index is 242. The molecule has 1 aliphatic heterocycles. The number of aliphatic hydroxyl groups excluding tert-OH is 1. The van der Waals surface area contributed by atoms with Gasteiger partial charge in [0.1, 0.15) is 5.78 Å². The molecule has 0 amide bonds. The summed E-state index contributed by atoms with van der Waals surface area (Å²) in [5.74, 6) is 0.981. The lowest BCUT2D eigenvalue weighted by Crippen LogP contribution is -2.44. The van der Waals surface area contributed by atoms with E-state index in [1.54, 1.807) is 0 Å². The molecule has 0 aromatic heterocycles. The van der Waals surface area contributed by atoms with Crippen molar-refractivity contribution >= 4 is 5.78 Å². The first-order valence-electron chi connectivity index (χ1n) is 6.10. The summed E-state index contributed by atoms with van der Waals surface area (Å²) in [5, 5.41) is 9.38. The molecule has 0 radical (unpaired) electrons. The van der Waals surface area contributed by atoms with Gasteiger partial charge < -0.3 is 5.11 Å². The van der Waals surface area contributed by atoms with Crippen molar-refractivity contribution in [3.05, 3.63) is 0 Å². The van der Waals surface area contributed by atoms with Crippen LogP contribution in [0.25, 0.3) is 0 Å². The molecule has 15 heavy (non-hydrogen) atoms. The van der Waals surface area contributed by atoms with E-state index in [2.05, 4.69) is 11.8 Å². The number of hydrogen-bond donors (Lipinski definition) is 1. The number of likely N-dealkylation sites (tertiary alicyclic amines) is 1. The molecule has 3 unspecified atom stereocenters. The minimum absolute atomic E-state index is 0.242. The highest BCUT2D eigenvalue weighted by Gasteiger charge is 2.36. The van der Waals surface area contributed by atoms with E-state index in [1.165, 1.54) is 0 Å². The summed E-state index contributed by atoms with van der Waals surface area (Å²) in [7, 11) is 0. The highest BCUT2D eigenvalue weighted by atomic mass is 16.3. The maximum absolute atomic E-state index is 11.4. The Morgan fingerprint density at radius 1 is 1.47 bits per heavy atom. The third-order valence-electron chi connectivity index (χ3n) is 4.04. The monoisotopic (exact) mass is 211 g/mol. The molecule has 1 saturated carbocycles. The van der Waals surface area contributed by atoms with Crippen molar-refractivity contribution in [3.8, 4) is 0 Å². The molecule has 1 heterocycles. The van der Waals surface area contributed by atoms with E-state index in [-0.39, 0.29) is 6.61 Å². The molecule has 1 N–H and O–H groups in total. The predicted octanol–water partition coefficient (Wildman–Crippen LogP) is 1.20. The van der Waals surface area contributed by atoms with Crippen molar-refractivity contribution in [1.29, 1.82) is 0 Å². The minimum Gasteiger partial charge on any atom is -0.395 e. The normalized spacial score (nSPS) is 38.5. The molecule has 2 aliphatic rings. The van der Waals surface area contributed by atoms with Gasteiger partial charge in [0.25, 0.3) is 0 Å². The van der Waals surface area contributed by atoms with Crippen molar-refractivity contribution in [1.82, 2.24) is 4.90 Å². The van der Waals surface area contributed by atoms with Gasteiger partial charge in [-0.05, 0) is 31.7 Å². The Kier molecular flexibility index (Phi) is 3.42. The van der Waals surface area contributed by atoms with E-state index >= 15 is 0 Å². The van der Waals surface area contributed by atoms with Crippen LogP contribution in [0.15, 0.2) is 0 Å². The highest BCUT2D eigenvalue weighted by molar-refractivity contribution is 5.79. The lowest BCUT2D eigenvalue weighted by atomic mass is 9.92. The van der Waals surface area contributed by atoms with Gasteiger partial charge >= 0.3 is 0 Å². The van der Waals surface area contributed by atoms with Crippen LogP contribution < -0.4 is 0 Å². The highest BCUT2D eigenvalue weighted by Crippen LogP contribution is 2.30. The number of aliphatic hydroxyl groups is 1. The fraction of sp³-hybridized carbons (Fsp3) is 0.917. The molecule has 1 aliphatic carbocycles. The van der Waals surface area contributed by atoms with Gasteiger partial charge in [-0.2, -0.15) is 0 Å².